The smallest absolute Gasteiger partial charge is 0.631 e. The minimum Gasteiger partial charge on any atom is -1.00 e. The van der Waals surface area contributed by atoms with Gasteiger partial charge in [0.1, 0.15) is 23.0 Å². The molecule has 0 aromatic heterocycles. The Morgan fingerprint density at radius 2 is 0.591 bits per heavy atom. The first-order valence-corrected chi connectivity index (χ1v) is 17.5. The van der Waals surface area contributed by atoms with E-state index in [2.05, 4.69) is 182 Å². The molecule has 0 spiro atoms. The minimum atomic E-state index is -2.50. The van der Waals surface area contributed by atoms with Crippen LogP contribution in [-0.4, -0.2) is 22.4 Å². The van der Waals surface area contributed by atoms with Crippen LogP contribution in [-0.2, 0) is 0 Å². The summed E-state index contributed by atoms with van der Waals surface area (Å²) in [4.78, 5) is 0. The van der Waals surface area contributed by atoms with Crippen LogP contribution in [0.1, 0.15) is 0 Å². The maximum atomic E-state index is 7.17. The molecule has 6 aromatic carbocycles. The fourth-order valence-electron chi connectivity index (χ4n) is 5.27. The number of rotatable bonds is 7. The maximum absolute atomic E-state index is 7.17. The Morgan fingerprint density at radius 1 is 0.386 bits per heavy atom. The van der Waals surface area contributed by atoms with Gasteiger partial charge in [0.25, 0.3) is 0 Å². The summed E-state index contributed by atoms with van der Waals surface area (Å²) in [5, 5.41) is 29.1. The highest BCUT2D eigenvalue weighted by molar-refractivity contribution is 8.01. The number of hydrogen-bond donors (Lipinski definition) is 3. The summed E-state index contributed by atoms with van der Waals surface area (Å²) in [6, 6.07) is 65.7. The molecule has 0 radical (unpaired) electrons. The van der Waals surface area contributed by atoms with Crippen LogP contribution in [0.5, 0.6) is 0 Å². The zero-order valence-corrected chi connectivity index (χ0v) is 26.5. The summed E-state index contributed by atoms with van der Waals surface area (Å²) in [6.45, 7) is 0. The van der Waals surface area contributed by atoms with Crippen molar-refractivity contribution in [2.75, 3.05) is 0 Å². The van der Waals surface area contributed by atoms with Gasteiger partial charge in [0, 0.05) is 15.9 Å². The predicted octanol–water partition coefficient (Wildman–Crippen LogP) is 2.03. The van der Waals surface area contributed by atoms with Gasteiger partial charge in [-0.25, -0.2) is 0 Å². The molecule has 0 aliphatic heterocycles. The second-order valence-corrected chi connectivity index (χ2v) is 16.1. The van der Waals surface area contributed by atoms with E-state index in [1.807, 2.05) is 0 Å². The van der Waals surface area contributed by atoms with Crippen LogP contribution in [0, 0.1) is 0 Å². The van der Waals surface area contributed by atoms with Crippen molar-refractivity contribution in [2.45, 2.75) is 0 Å². The molecule has 8 heteroatoms. The molecular formula is C36H33BClNO3P2. The summed E-state index contributed by atoms with van der Waals surface area (Å²) in [7, 11) is -7.16. The average Bonchev–Trinajstić information content (AvgIpc) is 3.08. The van der Waals surface area contributed by atoms with Crippen molar-refractivity contribution < 1.29 is 27.5 Å². The van der Waals surface area contributed by atoms with E-state index in [-0.39, 0.29) is 12.4 Å². The molecule has 0 saturated heterocycles. The van der Waals surface area contributed by atoms with E-state index in [0.29, 0.717) is 0 Å². The van der Waals surface area contributed by atoms with Crippen molar-refractivity contribution in [3.63, 3.8) is 0 Å². The second-order valence-electron chi connectivity index (χ2n) is 9.72. The van der Waals surface area contributed by atoms with Crippen molar-refractivity contribution in [1.29, 1.82) is 0 Å². The molecule has 6 rings (SSSR count). The molecular weight excluding hydrogens is 603 g/mol. The Morgan fingerprint density at radius 3 is 0.818 bits per heavy atom. The van der Waals surface area contributed by atoms with Crippen molar-refractivity contribution in [3.8, 4) is 0 Å². The molecule has 0 aliphatic rings. The molecule has 0 saturated carbocycles. The lowest BCUT2D eigenvalue weighted by molar-refractivity contribution is -0.0000143. The molecule has 0 bridgehead atoms. The summed E-state index contributed by atoms with van der Waals surface area (Å²) >= 11 is 0. The van der Waals surface area contributed by atoms with Gasteiger partial charge in [0.05, 0.1) is 0 Å². The molecule has 3 N–H and O–H groups in total. The Hall–Kier alpha value is -3.79. The van der Waals surface area contributed by atoms with Crippen LogP contribution in [0.2, 0.25) is 0 Å². The Balaban J connectivity index is 0.000000834. The van der Waals surface area contributed by atoms with Crippen molar-refractivity contribution in [1.82, 2.24) is 0 Å². The number of halogens is 1. The molecule has 4 nitrogen and oxygen atoms in total. The first-order valence-electron chi connectivity index (χ1n) is 14.0. The molecule has 0 aliphatic carbocycles. The van der Waals surface area contributed by atoms with E-state index >= 15 is 0 Å². The molecule has 44 heavy (non-hydrogen) atoms. The Kier molecular flexibility index (Phi) is 11.9. The minimum absolute atomic E-state index is 0. The molecule has 220 valence electrons. The number of hydrogen-bond acceptors (Lipinski definition) is 4. The van der Waals surface area contributed by atoms with E-state index in [1.54, 1.807) is 0 Å². The first kappa shape index (κ1) is 33.1. The van der Waals surface area contributed by atoms with Crippen LogP contribution in [0.15, 0.2) is 187 Å². The van der Waals surface area contributed by atoms with Crippen molar-refractivity contribution >= 4 is 53.6 Å². The fourth-order valence-corrected chi connectivity index (χ4v) is 14.8. The van der Waals surface area contributed by atoms with Gasteiger partial charge in [-0.15, -0.1) is 4.52 Å². The highest BCUT2D eigenvalue weighted by atomic mass is 35.5. The SMILES string of the molecule is OB(O)O.[Cl-].c1ccc(P(=N[P+](c2ccccc2)(c2ccccc2)c2ccccc2)(c2ccccc2)c2ccccc2)cc1. The summed E-state index contributed by atoms with van der Waals surface area (Å²) in [6.07, 6.45) is 0. The van der Waals surface area contributed by atoms with Crippen molar-refractivity contribution in [2.24, 2.45) is 4.52 Å². The third-order valence-electron chi connectivity index (χ3n) is 7.05. The van der Waals surface area contributed by atoms with Gasteiger partial charge in [-0.1, -0.05) is 146 Å². The lowest BCUT2D eigenvalue weighted by Crippen LogP contribution is -3.00. The molecule has 0 fully saturated rings. The van der Waals surface area contributed by atoms with E-state index in [1.165, 1.54) is 31.8 Å². The van der Waals surface area contributed by atoms with Crippen LogP contribution in [0.4, 0.5) is 0 Å². The predicted molar refractivity (Wildman–Crippen MR) is 185 cm³/mol. The normalized spacial score (nSPS) is 10.9. The topological polar surface area (TPSA) is 73.0 Å². The first-order chi connectivity index (χ1) is 21.1. The zero-order valence-electron chi connectivity index (χ0n) is 24.0. The van der Waals surface area contributed by atoms with E-state index in [4.69, 9.17) is 19.6 Å². The van der Waals surface area contributed by atoms with Crippen LogP contribution in [0.25, 0.3) is 0 Å². The quantitative estimate of drug-likeness (QED) is 0.186. The monoisotopic (exact) mass is 635 g/mol. The zero-order chi connectivity index (χ0) is 30.0. The fraction of sp³-hybridized carbons (Fsp3) is 0. The molecule has 6 aromatic rings. The molecule has 0 unspecified atom stereocenters. The lowest BCUT2D eigenvalue weighted by Gasteiger charge is -2.31. The van der Waals surface area contributed by atoms with E-state index in [9.17, 15) is 0 Å². The van der Waals surface area contributed by atoms with Gasteiger partial charge >= 0.3 is 7.32 Å². The third-order valence-corrected chi connectivity index (χ3v) is 15.5. The molecule has 0 atom stereocenters. The van der Waals surface area contributed by atoms with Gasteiger partial charge in [0.15, 0.2) is 0 Å². The summed E-state index contributed by atoms with van der Waals surface area (Å²) in [5.41, 5.74) is 0. The molecule has 0 heterocycles. The van der Waals surface area contributed by atoms with Gasteiger partial charge < -0.3 is 27.5 Å². The molecule has 0 amide bonds. The van der Waals surface area contributed by atoms with Crippen LogP contribution < -0.4 is 44.2 Å². The standard InChI is InChI=1S/C36H30NP2.BH3O3.ClH/c1-7-19-31(20-8-1)38(32-21-9-2-10-22-32,33-23-11-3-12-24-33)37-39(34-25-13-4-14-26-34,35-27-15-5-16-28-35)36-29-17-6-18-30-36;2-1(3)4;/h1-30H;2-4H;1H/q+1;;/p-1. The summed E-state index contributed by atoms with van der Waals surface area (Å²) < 4.78 is 6.38. The van der Waals surface area contributed by atoms with Crippen molar-refractivity contribution in [3.05, 3.63) is 182 Å². The van der Waals surface area contributed by atoms with Crippen LogP contribution in [0.3, 0.4) is 0 Å². The number of benzene rings is 6. The Bertz CT molecular complexity index is 1550. The number of nitrogens with zero attached hydrogens (tertiary/aromatic N) is 1. The van der Waals surface area contributed by atoms with E-state index < -0.39 is 21.8 Å². The highest BCUT2D eigenvalue weighted by Gasteiger charge is 2.49. The Labute approximate surface area is 266 Å². The lowest BCUT2D eigenvalue weighted by atomic mass is 10.3. The third kappa shape index (κ3) is 7.12. The maximum Gasteiger partial charge on any atom is 0.631 e. The summed E-state index contributed by atoms with van der Waals surface area (Å²) in [5.74, 6) is 0. The van der Waals surface area contributed by atoms with Gasteiger partial charge in [0.2, 0.25) is 7.41 Å². The highest BCUT2D eigenvalue weighted by Crippen LogP contribution is 2.65. The van der Waals surface area contributed by atoms with Gasteiger partial charge in [-0.2, -0.15) is 0 Å². The van der Waals surface area contributed by atoms with Gasteiger partial charge in [-0.05, 0) is 36.4 Å². The van der Waals surface area contributed by atoms with Gasteiger partial charge in [-0.3, -0.25) is 0 Å². The average molecular weight is 636 g/mol. The van der Waals surface area contributed by atoms with E-state index in [0.717, 1.165) is 0 Å². The van der Waals surface area contributed by atoms with Crippen LogP contribution >= 0.6 is 14.5 Å². The second kappa shape index (κ2) is 15.8. The largest absolute Gasteiger partial charge is 1.00 e.